The number of rotatable bonds is 3. The predicted octanol–water partition coefficient (Wildman–Crippen LogP) is 2.90. The molecule has 0 aliphatic carbocycles. The first-order valence-electron chi connectivity index (χ1n) is 9.09. The minimum absolute atomic E-state index is 0.103. The molecule has 0 bridgehead atoms. The van der Waals surface area contributed by atoms with Crippen molar-refractivity contribution in [3.05, 3.63) is 42.7 Å². The van der Waals surface area contributed by atoms with Crippen LogP contribution in [0.25, 0.3) is 11.3 Å². The summed E-state index contributed by atoms with van der Waals surface area (Å²) in [6, 6.07) is 10.4. The highest BCUT2D eigenvalue weighted by atomic mass is 16.5. The van der Waals surface area contributed by atoms with Gasteiger partial charge in [-0.25, -0.2) is 4.98 Å². The minimum atomic E-state index is -0.685. The highest BCUT2D eigenvalue weighted by Crippen LogP contribution is 2.37. The summed E-state index contributed by atoms with van der Waals surface area (Å²) in [4.78, 5) is 11.6. The molecule has 25 heavy (non-hydrogen) atoms. The second-order valence-corrected chi connectivity index (χ2v) is 7.32. The number of hydrogen-bond acceptors (Lipinski definition) is 5. The average Bonchev–Trinajstić information content (AvgIpc) is 3.11. The molecule has 0 unspecified atom stereocenters. The fourth-order valence-corrected chi connectivity index (χ4v) is 4.12. The van der Waals surface area contributed by atoms with E-state index in [1.807, 2.05) is 37.5 Å². The van der Waals surface area contributed by atoms with Gasteiger partial charge in [0.15, 0.2) is 0 Å². The van der Waals surface area contributed by atoms with Crippen molar-refractivity contribution in [2.75, 3.05) is 24.7 Å². The molecule has 132 valence electrons. The number of anilines is 1. The maximum absolute atomic E-state index is 10.8. The Hall–Kier alpha value is -1.98. The summed E-state index contributed by atoms with van der Waals surface area (Å²) in [7, 11) is 0. The molecule has 1 N–H and O–H groups in total. The van der Waals surface area contributed by atoms with E-state index in [0.717, 1.165) is 36.5 Å². The van der Waals surface area contributed by atoms with Crippen LogP contribution in [0, 0.1) is 5.92 Å². The van der Waals surface area contributed by atoms with Crippen molar-refractivity contribution in [2.45, 2.75) is 37.8 Å². The monoisotopic (exact) mass is 339 g/mol. The van der Waals surface area contributed by atoms with E-state index in [-0.39, 0.29) is 12.0 Å². The fraction of sp³-hybridized carbons (Fsp3) is 0.500. The largest absolute Gasteiger partial charge is 0.390 e. The average molecular weight is 339 g/mol. The van der Waals surface area contributed by atoms with Gasteiger partial charge in [0.2, 0.25) is 0 Å². The molecular weight excluding hydrogens is 314 g/mol. The lowest BCUT2D eigenvalue weighted by atomic mass is 9.79. The molecule has 2 aliphatic rings. The maximum atomic E-state index is 10.8. The third kappa shape index (κ3) is 3.26. The summed E-state index contributed by atoms with van der Waals surface area (Å²) >= 11 is 0. The van der Waals surface area contributed by atoms with Crippen LogP contribution in [0.1, 0.15) is 26.2 Å². The predicted molar refractivity (Wildman–Crippen MR) is 97.4 cm³/mol. The van der Waals surface area contributed by atoms with Gasteiger partial charge in [-0.2, -0.15) is 0 Å². The van der Waals surface area contributed by atoms with Crippen LogP contribution in [0.4, 0.5) is 5.82 Å². The van der Waals surface area contributed by atoms with Crippen molar-refractivity contribution in [3.8, 4) is 11.3 Å². The lowest BCUT2D eigenvalue weighted by molar-refractivity contribution is -0.108. The number of benzene rings is 1. The van der Waals surface area contributed by atoms with E-state index in [9.17, 15) is 5.11 Å². The Labute approximate surface area is 148 Å². The van der Waals surface area contributed by atoms with Crippen LogP contribution in [-0.2, 0) is 4.74 Å². The molecule has 0 spiro atoms. The molecule has 3 heterocycles. The van der Waals surface area contributed by atoms with E-state index in [2.05, 4.69) is 22.0 Å². The van der Waals surface area contributed by atoms with Crippen LogP contribution in [0.2, 0.25) is 0 Å². The molecule has 2 aromatic rings. The van der Waals surface area contributed by atoms with E-state index >= 15 is 0 Å². The molecule has 0 radical (unpaired) electrons. The number of nitrogens with zero attached hydrogens (tertiary/aromatic N) is 3. The standard InChI is InChI=1S/C20H25N3O2/c1-20(24)9-11-25-14-16(20)18-8-5-10-23(18)19-13-21-12-17(22-19)15-6-3-2-4-7-15/h2-4,6-7,12-13,16,18,24H,5,8-11,14H2,1H3/t16-,18+,20-/m0/s1. The van der Waals surface area contributed by atoms with Gasteiger partial charge in [0, 0.05) is 30.7 Å². The first-order valence-corrected chi connectivity index (χ1v) is 9.09. The summed E-state index contributed by atoms with van der Waals surface area (Å²) in [6.45, 7) is 4.15. The topological polar surface area (TPSA) is 58.5 Å². The van der Waals surface area contributed by atoms with Crippen molar-refractivity contribution < 1.29 is 9.84 Å². The Bertz CT molecular complexity index is 720. The Balaban J connectivity index is 1.62. The first kappa shape index (κ1) is 16.5. The molecule has 2 fully saturated rings. The SMILES string of the molecule is C[C@]1(O)CCOC[C@H]1[C@H]1CCCN1c1cncc(-c2ccccc2)n1. The van der Waals surface area contributed by atoms with Crippen LogP contribution in [0.5, 0.6) is 0 Å². The van der Waals surface area contributed by atoms with Crippen LogP contribution in [0.15, 0.2) is 42.7 Å². The quantitative estimate of drug-likeness (QED) is 0.932. The van der Waals surface area contributed by atoms with Gasteiger partial charge in [-0.3, -0.25) is 4.98 Å². The van der Waals surface area contributed by atoms with Crippen LogP contribution >= 0.6 is 0 Å². The number of hydrogen-bond donors (Lipinski definition) is 1. The van der Waals surface area contributed by atoms with Crippen molar-refractivity contribution >= 4 is 5.82 Å². The zero-order valence-corrected chi connectivity index (χ0v) is 14.6. The molecule has 1 aromatic heterocycles. The van der Waals surface area contributed by atoms with Gasteiger partial charge in [0.05, 0.1) is 30.3 Å². The zero-order valence-electron chi connectivity index (χ0n) is 14.6. The van der Waals surface area contributed by atoms with Gasteiger partial charge in [-0.1, -0.05) is 30.3 Å². The second kappa shape index (κ2) is 6.73. The molecule has 2 aliphatic heterocycles. The van der Waals surface area contributed by atoms with E-state index in [1.54, 1.807) is 0 Å². The summed E-state index contributed by atoms with van der Waals surface area (Å²) in [5.41, 5.74) is 1.27. The van der Waals surface area contributed by atoms with Gasteiger partial charge < -0.3 is 14.7 Å². The molecule has 0 amide bonds. The van der Waals surface area contributed by atoms with Crippen molar-refractivity contribution in [3.63, 3.8) is 0 Å². The fourth-order valence-electron chi connectivity index (χ4n) is 4.12. The third-order valence-corrected chi connectivity index (χ3v) is 5.60. The van der Waals surface area contributed by atoms with Gasteiger partial charge in [0.1, 0.15) is 5.82 Å². The lowest BCUT2D eigenvalue weighted by Crippen LogP contribution is -2.52. The third-order valence-electron chi connectivity index (χ3n) is 5.60. The highest BCUT2D eigenvalue weighted by molar-refractivity contribution is 5.60. The van der Waals surface area contributed by atoms with Crippen molar-refractivity contribution in [1.29, 1.82) is 0 Å². The first-order chi connectivity index (χ1) is 12.1. The van der Waals surface area contributed by atoms with Gasteiger partial charge in [-0.15, -0.1) is 0 Å². The highest BCUT2D eigenvalue weighted by Gasteiger charge is 2.44. The lowest BCUT2D eigenvalue weighted by Gasteiger charge is -2.43. The summed E-state index contributed by atoms with van der Waals surface area (Å²) in [6.07, 6.45) is 6.50. The number of ether oxygens (including phenoxy) is 1. The minimum Gasteiger partial charge on any atom is -0.390 e. The Morgan fingerprint density at radius 1 is 1.24 bits per heavy atom. The molecular formula is C20H25N3O2. The zero-order chi connectivity index (χ0) is 17.3. The molecule has 5 nitrogen and oxygen atoms in total. The smallest absolute Gasteiger partial charge is 0.148 e. The van der Waals surface area contributed by atoms with E-state index < -0.39 is 5.60 Å². The summed E-state index contributed by atoms with van der Waals surface area (Å²) in [5, 5.41) is 10.8. The van der Waals surface area contributed by atoms with Crippen LogP contribution in [0.3, 0.4) is 0 Å². The number of aromatic nitrogens is 2. The molecule has 2 saturated heterocycles. The van der Waals surface area contributed by atoms with E-state index in [1.165, 1.54) is 0 Å². The van der Waals surface area contributed by atoms with Gasteiger partial charge in [-0.05, 0) is 26.2 Å². The van der Waals surface area contributed by atoms with E-state index in [0.29, 0.717) is 19.6 Å². The summed E-state index contributed by atoms with van der Waals surface area (Å²) in [5.74, 6) is 0.996. The Kier molecular flexibility index (Phi) is 4.44. The molecule has 5 heteroatoms. The van der Waals surface area contributed by atoms with Crippen molar-refractivity contribution in [2.24, 2.45) is 5.92 Å². The second-order valence-electron chi connectivity index (χ2n) is 7.32. The van der Waals surface area contributed by atoms with Crippen LogP contribution < -0.4 is 4.90 Å². The molecule has 4 rings (SSSR count). The van der Waals surface area contributed by atoms with Crippen LogP contribution in [-0.4, -0.2) is 46.5 Å². The van der Waals surface area contributed by atoms with Gasteiger partial charge >= 0.3 is 0 Å². The Morgan fingerprint density at radius 3 is 2.88 bits per heavy atom. The van der Waals surface area contributed by atoms with Gasteiger partial charge in [0.25, 0.3) is 0 Å². The number of aliphatic hydroxyl groups is 1. The van der Waals surface area contributed by atoms with E-state index in [4.69, 9.17) is 9.72 Å². The molecule has 3 atom stereocenters. The maximum Gasteiger partial charge on any atom is 0.148 e. The Morgan fingerprint density at radius 2 is 2.08 bits per heavy atom. The summed E-state index contributed by atoms with van der Waals surface area (Å²) < 4.78 is 5.68. The molecule has 0 saturated carbocycles. The molecule has 1 aromatic carbocycles. The normalized spacial score (nSPS) is 29.8. The van der Waals surface area contributed by atoms with Crippen molar-refractivity contribution in [1.82, 2.24) is 9.97 Å².